The molecule has 3 aromatic rings. The van der Waals surface area contributed by atoms with Crippen LogP contribution in [-0.4, -0.2) is 23.2 Å². The molecule has 0 saturated heterocycles. The van der Waals surface area contributed by atoms with Gasteiger partial charge in [0, 0.05) is 13.2 Å². The minimum atomic E-state index is -3.75. The van der Waals surface area contributed by atoms with Gasteiger partial charge in [-0.25, -0.2) is 13.1 Å². The first-order chi connectivity index (χ1) is 12.8. The van der Waals surface area contributed by atoms with Crippen LogP contribution in [0.1, 0.15) is 34.3 Å². The van der Waals surface area contributed by atoms with Gasteiger partial charge in [0.2, 0.25) is 10.0 Å². The average molecular weight is 385 g/mol. The van der Waals surface area contributed by atoms with E-state index in [1.165, 1.54) is 0 Å². The number of nitrogens with one attached hydrogen (secondary N) is 1. The Morgan fingerprint density at radius 1 is 1.07 bits per heavy atom. The third kappa shape index (κ3) is 4.26. The van der Waals surface area contributed by atoms with Gasteiger partial charge in [0.15, 0.2) is 0 Å². The second-order valence-electron chi connectivity index (χ2n) is 6.74. The maximum Gasteiger partial charge on any atom is 0.244 e. The summed E-state index contributed by atoms with van der Waals surface area (Å²) >= 11 is 0. The molecule has 0 saturated carbocycles. The maximum atomic E-state index is 13.1. The zero-order valence-electron chi connectivity index (χ0n) is 16.0. The largest absolute Gasteiger partial charge is 0.271 e. The lowest BCUT2D eigenvalue weighted by Crippen LogP contribution is -2.31. The van der Waals surface area contributed by atoms with Crippen molar-refractivity contribution >= 4 is 10.0 Å². The smallest absolute Gasteiger partial charge is 0.244 e. The average Bonchev–Trinajstić information content (AvgIpc) is 2.89. The Kier molecular flexibility index (Phi) is 5.43. The van der Waals surface area contributed by atoms with Crippen LogP contribution in [0, 0.1) is 20.8 Å². The first-order valence-corrected chi connectivity index (χ1v) is 10.3. The molecule has 0 bridgehead atoms. The van der Waals surface area contributed by atoms with Crippen LogP contribution in [0.2, 0.25) is 0 Å². The van der Waals surface area contributed by atoms with E-state index in [9.17, 15) is 8.42 Å². The molecule has 1 N–H and O–H groups in total. The quantitative estimate of drug-likeness (QED) is 0.709. The molecule has 2 heterocycles. The summed E-state index contributed by atoms with van der Waals surface area (Å²) in [5, 5.41) is 4.23. The zero-order valence-corrected chi connectivity index (χ0v) is 16.8. The molecular formula is C20H24N4O2S. The van der Waals surface area contributed by atoms with Gasteiger partial charge < -0.3 is 0 Å². The Bertz CT molecular complexity index is 1030. The highest BCUT2D eigenvalue weighted by Gasteiger charge is 2.28. The Labute approximate surface area is 160 Å². The summed E-state index contributed by atoms with van der Waals surface area (Å²) in [6.45, 7) is 5.48. The van der Waals surface area contributed by atoms with Gasteiger partial charge >= 0.3 is 0 Å². The van der Waals surface area contributed by atoms with E-state index in [0.717, 1.165) is 11.1 Å². The second-order valence-corrected chi connectivity index (χ2v) is 8.39. The monoisotopic (exact) mass is 384 g/mol. The Morgan fingerprint density at radius 3 is 2.33 bits per heavy atom. The highest BCUT2D eigenvalue weighted by Crippen LogP contribution is 2.24. The number of sulfonamides is 1. The molecule has 1 unspecified atom stereocenters. The highest BCUT2D eigenvalue weighted by molar-refractivity contribution is 7.89. The van der Waals surface area contributed by atoms with Gasteiger partial charge in [-0.1, -0.05) is 35.9 Å². The van der Waals surface area contributed by atoms with Crippen molar-refractivity contribution in [2.75, 3.05) is 0 Å². The van der Waals surface area contributed by atoms with Crippen molar-refractivity contribution in [2.45, 2.75) is 38.1 Å². The fourth-order valence-corrected chi connectivity index (χ4v) is 4.79. The molecule has 2 aromatic heterocycles. The number of benzene rings is 1. The van der Waals surface area contributed by atoms with Crippen LogP contribution in [0.3, 0.4) is 0 Å². The van der Waals surface area contributed by atoms with Crippen LogP contribution in [0.15, 0.2) is 53.6 Å². The Morgan fingerprint density at radius 2 is 1.78 bits per heavy atom. The van der Waals surface area contributed by atoms with E-state index in [1.807, 2.05) is 49.4 Å². The summed E-state index contributed by atoms with van der Waals surface area (Å²) in [7, 11) is -2.01. The Balaban J connectivity index is 1.97. The second kappa shape index (κ2) is 7.62. The third-order valence-corrected chi connectivity index (χ3v) is 6.34. The summed E-state index contributed by atoms with van der Waals surface area (Å²) in [4.78, 5) is 4.60. The first-order valence-electron chi connectivity index (χ1n) is 8.77. The van der Waals surface area contributed by atoms with Crippen LogP contribution in [0.5, 0.6) is 0 Å². The number of aryl methyl sites for hydroxylation is 3. The van der Waals surface area contributed by atoms with Gasteiger partial charge in [-0.2, -0.15) is 5.10 Å². The summed E-state index contributed by atoms with van der Waals surface area (Å²) in [5.74, 6) is 0. The molecule has 0 amide bonds. The summed E-state index contributed by atoms with van der Waals surface area (Å²) in [5.41, 5.74) is 3.97. The summed E-state index contributed by atoms with van der Waals surface area (Å²) in [6.07, 6.45) is 2.18. The van der Waals surface area contributed by atoms with Crippen LogP contribution >= 0.6 is 0 Å². The highest BCUT2D eigenvalue weighted by atomic mass is 32.2. The van der Waals surface area contributed by atoms with Gasteiger partial charge in [0.05, 0.1) is 23.1 Å². The number of nitrogens with zero attached hydrogens (tertiary/aromatic N) is 3. The van der Waals surface area contributed by atoms with Crippen LogP contribution in [0.25, 0.3) is 0 Å². The standard InChI is InChI=1S/C20H24N4O2S/c1-14-8-10-17(11-9-14)13-19(18-7-5-6-12-21-18)23-27(25,26)20-15(2)22-24(4)16(20)3/h5-12,19,23H,13H2,1-4H3. The molecular weight excluding hydrogens is 360 g/mol. The minimum absolute atomic E-state index is 0.231. The molecule has 142 valence electrons. The third-order valence-electron chi connectivity index (χ3n) is 4.61. The molecule has 0 radical (unpaired) electrons. The van der Waals surface area contributed by atoms with E-state index < -0.39 is 16.1 Å². The van der Waals surface area contributed by atoms with Gasteiger partial charge in [0.25, 0.3) is 0 Å². The molecule has 0 aliphatic rings. The number of aromatic nitrogens is 3. The van der Waals surface area contributed by atoms with E-state index in [4.69, 9.17) is 0 Å². The van der Waals surface area contributed by atoms with E-state index in [2.05, 4.69) is 14.8 Å². The molecule has 1 aromatic carbocycles. The van der Waals surface area contributed by atoms with E-state index in [1.54, 1.807) is 31.8 Å². The lowest BCUT2D eigenvalue weighted by Gasteiger charge is -2.19. The molecule has 7 heteroatoms. The molecule has 0 spiro atoms. The number of hydrogen-bond acceptors (Lipinski definition) is 4. The molecule has 0 aliphatic carbocycles. The van der Waals surface area contributed by atoms with Crippen LogP contribution in [-0.2, 0) is 23.5 Å². The van der Waals surface area contributed by atoms with Crippen molar-refractivity contribution in [1.29, 1.82) is 0 Å². The van der Waals surface area contributed by atoms with Crippen molar-refractivity contribution in [1.82, 2.24) is 19.5 Å². The van der Waals surface area contributed by atoms with E-state index in [-0.39, 0.29) is 4.90 Å². The number of hydrogen-bond donors (Lipinski definition) is 1. The zero-order chi connectivity index (χ0) is 19.6. The predicted octanol–water partition coefficient (Wildman–Crippen LogP) is 3.00. The van der Waals surface area contributed by atoms with Gasteiger partial charge in [-0.05, 0) is 44.9 Å². The van der Waals surface area contributed by atoms with Crippen molar-refractivity contribution in [3.8, 4) is 0 Å². The van der Waals surface area contributed by atoms with Crippen molar-refractivity contribution in [2.24, 2.45) is 7.05 Å². The minimum Gasteiger partial charge on any atom is -0.271 e. The topological polar surface area (TPSA) is 76.9 Å². The van der Waals surface area contributed by atoms with E-state index in [0.29, 0.717) is 23.5 Å². The van der Waals surface area contributed by atoms with Crippen molar-refractivity contribution in [3.63, 3.8) is 0 Å². The fourth-order valence-electron chi connectivity index (χ4n) is 3.14. The summed E-state index contributed by atoms with van der Waals surface area (Å²) in [6, 6.07) is 13.1. The van der Waals surface area contributed by atoms with Gasteiger partial charge in [0.1, 0.15) is 4.90 Å². The molecule has 6 nitrogen and oxygen atoms in total. The SMILES string of the molecule is Cc1ccc(CC(NS(=O)(=O)c2c(C)nn(C)c2C)c2ccccn2)cc1. The molecule has 1 atom stereocenters. The summed E-state index contributed by atoms with van der Waals surface area (Å²) < 4.78 is 30.7. The number of rotatable bonds is 6. The van der Waals surface area contributed by atoms with Crippen molar-refractivity contribution in [3.05, 3.63) is 76.9 Å². The predicted molar refractivity (Wildman–Crippen MR) is 105 cm³/mol. The van der Waals surface area contributed by atoms with Crippen LogP contribution in [0.4, 0.5) is 0 Å². The molecule has 27 heavy (non-hydrogen) atoms. The number of pyridine rings is 1. The molecule has 3 rings (SSSR count). The lowest BCUT2D eigenvalue weighted by molar-refractivity contribution is 0.548. The maximum absolute atomic E-state index is 13.1. The van der Waals surface area contributed by atoms with Gasteiger partial charge in [-0.15, -0.1) is 0 Å². The van der Waals surface area contributed by atoms with Crippen LogP contribution < -0.4 is 4.72 Å². The van der Waals surface area contributed by atoms with E-state index >= 15 is 0 Å². The normalized spacial score (nSPS) is 12.9. The molecule has 0 fully saturated rings. The first kappa shape index (κ1) is 19.3. The fraction of sp³-hybridized carbons (Fsp3) is 0.300. The van der Waals surface area contributed by atoms with Gasteiger partial charge in [-0.3, -0.25) is 9.67 Å². The lowest BCUT2D eigenvalue weighted by atomic mass is 10.0. The molecule has 0 aliphatic heterocycles. The van der Waals surface area contributed by atoms with Crippen molar-refractivity contribution < 1.29 is 8.42 Å². The Hall–Kier alpha value is -2.51.